The van der Waals surface area contributed by atoms with E-state index < -0.39 is 23.2 Å². The van der Waals surface area contributed by atoms with E-state index >= 15 is 0 Å². The Hall–Kier alpha value is -2.13. The molecule has 134 valence electrons. The molecule has 1 saturated carbocycles. The van der Waals surface area contributed by atoms with E-state index in [4.69, 9.17) is 10.00 Å². The maximum absolute atomic E-state index is 12.8. The van der Waals surface area contributed by atoms with Gasteiger partial charge in [0, 0.05) is 7.11 Å². The smallest absolute Gasteiger partial charge is 0.374 e. The first-order valence-electron chi connectivity index (χ1n) is 7.97. The molecule has 1 aliphatic carbocycles. The molecule has 0 bridgehead atoms. The van der Waals surface area contributed by atoms with E-state index in [1.807, 2.05) is 0 Å². The fourth-order valence-electron chi connectivity index (χ4n) is 3.17. The van der Waals surface area contributed by atoms with Gasteiger partial charge in [0.1, 0.15) is 6.07 Å². The second kappa shape index (κ2) is 7.83. The maximum atomic E-state index is 12.8. The van der Waals surface area contributed by atoms with E-state index in [9.17, 15) is 17.6 Å². The van der Waals surface area contributed by atoms with Crippen molar-refractivity contribution in [2.75, 3.05) is 7.11 Å². The second-order valence-electron chi connectivity index (χ2n) is 6.15. The van der Waals surface area contributed by atoms with E-state index in [-0.39, 0.29) is 5.92 Å². The van der Waals surface area contributed by atoms with Crippen LogP contribution in [0.15, 0.2) is 48.3 Å². The average Bonchev–Trinajstić information content (AvgIpc) is 2.61. The van der Waals surface area contributed by atoms with Crippen LogP contribution in [-0.4, -0.2) is 12.7 Å². The van der Waals surface area contributed by atoms with Crippen LogP contribution < -0.4 is 0 Å². The van der Waals surface area contributed by atoms with Crippen molar-refractivity contribution >= 4 is 0 Å². The van der Waals surface area contributed by atoms with Crippen molar-refractivity contribution in [3.8, 4) is 6.07 Å². The van der Waals surface area contributed by atoms with Gasteiger partial charge in [0.15, 0.2) is 5.83 Å². The monoisotopic (exact) mass is 353 g/mol. The Balaban J connectivity index is 2.03. The van der Waals surface area contributed by atoms with Crippen molar-refractivity contribution in [2.24, 2.45) is 0 Å². The lowest BCUT2D eigenvalue weighted by Gasteiger charge is -2.37. The van der Waals surface area contributed by atoms with E-state index in [1.165, 1.54) is 24.3 Å². The molecular weight excluding hydrogens is 334 g/mol. The number of rotatable bonds is 4. The van der Waals surface area contributed by atoms with Crippen molar-refractivity contribution in [2.45, 2.75) is 43.4 Å². The molecule has 0 radical (unpaired) electrons. The largest absolute Gasteiger partial charge is 0.416 e. The van der Waals surface area contributed by atoms with Gasteiger partial charge in [-0.25, -0.2) is 0 Å². The number of hydrogen-bond donors (Lipinski definition) is 0. The number of halogens is 4. The van der Waals surface area contributed by atoms with Crippen molar-refractivity contribution in [1.29, 1.82) is 5.26 Å². The minimum atomic E-state index is -4.33. The molecular formula is C19H19F4NO. The molecule has 0 aromatic heterocycles. The van der Waals surface area contributed by atoms with Gasteiger partial charge in [0.05, 0.1) is 11.2 Å². The molecule has 1 aliphatic rings. The highest BCUT2D eigenvalue weighted by Gasteiger charge is 2.34. The number of hydrogen-bond acceptors (Lipinski definition) is 2. The lowest BCUT2D eigenvalue weighted by molar-refractivity contribution is -0.137. The highest BCUT2D eigenvalue weighted by atomic mass is 19.4. The van der Waals surface area contributed by atoms with Gasteiger partial charge >= 0.3 is 6.18 Å². The first kappa shape index (κ1) is 19.2. The predicted octanol–water partition coefficient (Wildman–Crippen LogP) is 5.68. The van der Waals surface area contributed by atoms with Gasteiger partial charge in [-0.05, 0) is 55.4 Å². The van der Waals surface area contributed by atoms with Crippen LogP contribution in [0.3, 0.4) is 0 Å². The number of methoxy groups -OCH3 is 1. The average molecular weight is 353 g/mol. The van der Waals surface area contributed by atoms with E-state index in [1.54, 1.807) is 13.2 Å². The van der Waals surface area contributed by atoms with Crippen molar-refractivity contribution in [3.05, 3.63) is 59.4 Å². The molecule has 1 fully saturated rings. The predicted molar refractivity (Wildman–Crippen MR) is 86.3 cm³/mol. The number of alkyl halides is 3. The molecule has 0 atom stereocenters. The lowest BCUT2D eigenvalue weighted by atomic mass is 9.75. The van der Waals surface area contributed by atoms with Gasteiger partial charge in [-0.1, -0.05) is 24.3 Å². The zero-order valence-corrected chi connectivity index (χ0v) is 13.8. The summed E-state index contributed by atoms with van der Waals surface area (Å²) in [5.74, 6) is -0.703. The van der Waals surface area contributed by atoms with Crippen molar-refractivity contribution in [3.63, 3.8) is 0 Å². The first-order chi connectivity index (χ1) is 11.8. The fraction of sp³-hybridized carbons (Fsp3) is 0.421. The lowest BCUT2D eigenvalue weighted by Crippen LogP contribution is -2.33. The summed E-state index contributed by atoms with van der Waals surface area (Å²) in [6.07, 6.45) is 2.84. The molecule has 0 amide bonds. The molecule has 0 N–H and O–H groups in total. The summed E-state index contributed by atoms with van der Waals surface area (Å²) in [5, 5.41) is 8.39. The van der Waals surface area contributed by atoms with Crippen LogP contribution in [0, 0.1) is 11.3 Å². The van der Waals surface area contributed by atoms with Crippen LogP contribution in [0.4, 0.5) is 17.6 Å². The number of nitrogens with zero attached hydrogens (tertiary/aromatic N) is 1. The highest BCUT2D eigenvalue weighted by molar-refractivity contribution is 5.28. The molecule has 1 aromatic rings. The van der Waals surface area contributed by atoms with Gasteiger partial charge in [0.25, 0.3) is 0 Å². The minimum Gasteiger partial charge on any atom is -0.374 e. The number of nitriles is 1. The molecule has 0 spiro atoms. The number of benzene rings is 1. The van der Waals surface area contributed by atoms with Crippen LogP contribution >= 0.6 is 0 Å². The number of allylic oxidation sites excluding steroid dienone is 3. The SMILES string of the molecule is COC1(C=CC=C(F)C#N)CCC(c2ccc(C(F)(F)F)cc2)CC1. The summed E-state index contributed by atoms with van der Waals surface area (Å²) in [7, 11) is 1.58. The van der Waals surface area contributed by atoms with Gasteiger partial charge in [-0.15, -0.1) is 0 Å². The molecule has 0 heterocycles. The van der Waals surface area contributed by atoms with Crippen LogP contribution in [-0.2, 0) is 10.9 Å². The fourth-order valence-corrected chi connectivity index (χ4v) is 3.17. The quantitative estimate of drug-likeness (QED) is 0.396. The number of ether oxygens (including phenoxy) is 1. The summed E-state index contributed by atoms with van der Waals surface area (Å²) >= 11 is 0. The third-order valence-electron chi connectivity index (χ3n) is 4.70. The topological polar surface area (TPSA) is 33.0 Å². The van der Waals surface area contributed by atoms with Crippen LogP contribution in [0.2, 0.25) is 0 Å². The summed E-state index contributed by atoms with van der Waals surface area (Å²) in [4.78, 5) is 0. The third kappa shape index (κ3) is 4.93. The van der Waals surface area contributed by atoms with E-state index in [0.29, 0.717) is 12.8 Å². The van der Waals surface area contributed by atoms with Gasteiger partial charge < -0.3 is 4.74 Å². The van der Waals surface area contributed by atoms with Gasteiger partial charge in [-0.3, -0.25) is 0 Å². The van der Waals surface area contributed by atoms with Gasteiger partial charge in [0.2, 0.25) is 0 Å². The van der Waals surface area contributed by atoms with Crippen molar-refractivity contribution in [1.82, 2.24) is 0 Å². The van der Waals surface area contributed by atoms with E-state index in [2.05, 4.69) is 0 Å². The normalized spacial score (nSPS) is 25.1. The molecule has 2 nitrogen and oxygen atoms in total. The van der Waals surface area contributed by atoms with Gasteiger partial charge in [-0.2, -0.15) is 22.8 Å². The third-order valence-corrected chi connectivity index (χ3v) is 4.70. The molecule has 0 saturated heterocycles. The molecule has 0 unspecified atom stereocenters. The zero-order chi connectivity index (χ0) is 18.5. The maximum Gasteiger partial charge on any atom is 0.416 e. The molecule has 1 aromatic carbocycles. The Labute approximate surface area is 144 Å². The van der Waals surface area contributed by atoms with Crippen LogP contribution in [0.25, 0.3) is 0 Å². The Morgan fingerprint density at radius 3 is 2.32 bits per heavy atom. The molecule has 2 rings (SSSR count). The highest BCUT2D eigenvalue weighted by Crippen LogP contribution is 2.41. The zero-order valence-electron chi connectivity index (χ0n) is 13.8. The molecule has 25 heavy (non-hydrogen) atoms. The Kier molecular flexibility index (Phi) is 6.02. The van der Waals surface area contributed by atoms with Crippen molar-refractivity contribution < 1.29 is 22.3 Å². The molecule has 6 heteroatoms. The summed E-state index contributed by atoms with van der Waals surface area (Å²) < 4.78 is 56.3. The van der Waals surface area contributed by atoms with Crippen LogP contribution in [0.1, 0.15) is 42.7 Å². The summed E-state index contributed by atoms with van der Waals surface area (Å²) in [6, 6.07) is 6.70. The Morgan fingerprint density at radius 1 is 1.24 bits per heavy atom. The Morgan fingerprint density at radius 2 is 1.84 bits per heavy atom. The first-order valence-corrected chi connectivity index (χ1v) is 7.97. The standard InChI is InChI=1S/C19H19F4NO/c1-25-18(10-2-3-17(20)13-24)11-8-15(9-12-18)14-4-6-16(7-5-14)19(21,22)23/h2-7,10,15H,8-9,11-12H2,1H3. The Bertz CT molecular complexity index is 675. The molecule has 0 aliphatic heterocycles. The summed E-state index contributed by atoms with van der Waals surface area (Å²) in [5.41, 5.74) is -0.293. The second-order valence-corrected chi connectivity index (χ2v) is 6.15. The van der Waals surface area contributed by atoms with E-state index in [0.717, 1.165) is 36.6 Å². The minimum absolute atomic E-state index is 0.172. The summed E-state index contributed by atoms with van der Waals surface area (Å²) in [6.45, 7) is 0. The van der Waals surface area contributed by atoms with Crippen LogP contribution in [0.5, 0.6) is 0 Å².